The van der Waals surface area contributed by atoms with Crippen LogP contribution in [0, 0.1) is 0 Å². The summed E-state index contributed by atoms with van der Waals surface area (Å²) in [7, 11) is 0. The van der Waals surface area contributed by atoms with Crippen LogP contribution in [0.1, 0.15) is 50.7 Å². The molecule has 0 unspecified atom stereocenters. The van der Waals surface area contributed by atoms with Gasteiger partial charge in [-0.25, -0.2) is 14.4 Å². The van der Waals surface area contributed by atoms with Gasteiger partial charge in [-0.1, -0.05) is 48.5 Å². The summed E-state index contributed by atoms with van der Waals surface area (Å²) in [6, 6.07) is 16.1. The molecule has 1 saturated heterocycles. The van der Waals surface area contributed by atoms with Crippen LogP contribution >= 0.6 is 0 Å². The van der Waals surface area contributed by atoms with Crippen molar-refractivity contribution in [3.8, 4) is 11.1 Å². The molecule has 2 amide bonds. The monoisotopic (exact) mass is 466 g/mol. The molecule has 0 radical (unpaired) electrons. The zero-order valence-electron chi connectivity index (χ0n) is 19.7. The molecule has 180 valence electrons. The van der Waals surface area contributed by atoms with E-state index in [1.54, 1.807) is 20.8 Å². The van der Waals surface area contributed by atoms with Gasteiger partial charge in [0.05, 0.1) is 6.54 Å². The van der Waals surface area contributed by atoms with E-state index in [4.69, 9.17) is 9.47 Å². The molecule has 4 rings (SSSR count). The molecule has 2 aliphatic rings. The van der Waals surface area contributed by atoms with Gasteiger partial charge in [0.25, 0.3) is 0 Å². The minimum Gasteiger partial charge on any atom is -0.479 e. The summed E-state index contributed by atoms with van der Waals surface area (Å²) < 4.78 is 10.9. The van der Waals surface area contributed by atoms with Crippen molar-refractivity contribution in [2.45, 2.75) is 50.7 Å². The number of benzene rings is 2. The van der Waals surface area contributed by atoms with Crippen molar-refractivity contribution < 1.29 is 29.0 Å². The quantitative estimate of drug-likeness (QED) is 0.693. The fraction of sp³-hybridized carbons (Fsp3) is 0.423. The van der Waals surface area contributed by atoms with Crippen LogP contribution in [0.3, 0.4) is 0 Å². The van der Waals surface area contributed by atoms with Gasteiger partial charge in [0.2, 0.25) is 0 Å². The average Bonchev–Trinajstić information content (AvgIpc) is 3.10. The van der Waals surface area contributed by atoms with Gasteiger partial charge in [-0.2, -0.15) is 0 Å². The summed E-state index contributed by atoms with van der Waals surface area (Å²) in [5, 5.41) is 12.4. The number of rotatable bonds is 4. The summed E-state index contributed by atoms with van der Waals surface area (Å²) >= 11 is 0. The molecule has 2 aromatic carbocycles. The third-order valence-electron chi connectivity index (χ3n) is 6.24. The van der Waals surface area contributed by atoms with Crippen molar-refractivity contribution in [3.05, 3.63) is 59.7 Å². The fourth-order valence-electron chi connectivity index (χ4n) is 4.73. The minimum atomic E-state index is -1.63. The molecular weight excluding hydrogens is 436 g/mol. The lowest BCUT2D eigenvalue weighted by molar-refractivity contribution is -0.147. The second-order valence-corrected chi connectivity index (χ2v) is 9.84. The number of ether oxygens (including phenoxy) is 2. The van der Waals surface area contributed by atoms with Crippen LogP contribution in [-0.4, -0.2) is 59.0 Å². The Morgan fingerprint density at radius 3 is 2.21 bits per heavy atom. The second-order valence-electron chi connectivity index (χ2n) is 9.84. The number of piperidine rings is 1. The first kappa shape index (κ1) is 23.6. The minimum absolute atomic E-state index is 0.0924. The number of alkyl carbamates (subject to hydrolysis) is 1. The first-order valence-electron chi connectivity index (χ1n) is 11.4. The lowest BCUT2D eigenvalue weighted by atomic mass is 9.89. The molecule has 34 heavy (non-hydrogen) atoms. The Morgan fingerprint density at radius 2 is 1.65 bits per heavy atom. The van der Waals surface area contributed by atoms with Crippen LogP contribution in [0.4, 0.5) is 9.59 Å². The van der Waals surface area contributed by atoms with E-state index < -0.39 is 29.3 Å². The first-order chi connectivity index (χ1) is 16.1. The van der Waals surface area contributed by atoms with Gasteiger partial charge >= 0.3 is 18.2 Å². The van der Waals surface area contributed by atoms with Crippen LogP contribution in [0.25, 0.3) is 11.1 Å². The van der Waals surface area contributed by atoms with E-state index in [0.29, 0.717) is 13.0 Å². The Kier molecular flexibility index (Phi) is 6.25. The smallest absolute Gasteiger partial charge is 0.409 e. The normalized spacial score (nSPS) is 19.7. The molecule has 8 nitrogen and oxygen atoms in total. The Balaban J connectivity index is 1.45. The Hall–Kier alpha value is -3.55. The van der Waals surface area contributed by atoms with Gasteiger partial charge in [-0.3, -0.25) is 0 Å². The number of fused-ring (bicyclic) bond motifs is 3. The topological polar surface area (TPSA) is 105 Å². The number of carboxylic acid groups (broad SMARTS) is 1. The van der Waals surface area contributed by atoms with Crippen molar-refractivity contribution in [1.29, 1.82) is 0 Å². The molecule has 0 spiro atoms. The largest absolute Gasteiger partial charge is 0.479 e. The highest BCUT2D eigenvalue weighted by Crippen LogP contribution is 2.44. The number of carboxylic acids is 1. The summed E-state index contributed by atoms with van der Waals surface area (Å²) in [4.78, 5) is 38.8. The first-order valence-corrected chi connectivity index (χ1v) is 11.4. The third-order valence-corrected chi connectivity index (χ3v) is 6.24. The lowest BCUT2D eigenvalue weighted by Crippen LogP contribution is -2.64. The maximum absolute atomic E-state index is 13.0. The van der Waals surface area contributed by atoms with Crippen LogP contribution in [0.15, 0.2) is 48.5 Å². The number of carbonyl (C=O) groups excluding carboxylic acids is 2. The molecule has 1 heterocycles. The van der Waals surface area contributed by atoms with Crippen molar-refractivity contribution in [2.75, 3.05) is 19.7 Å². The Labute approximate surface area is 198 Å². The summed E-state index contributed by atoms with van der Waals surface area (Å²) in [5.41, 5.74) is 2.05. The van der Waals surface area contributed by atoms with Gasteiger partial charge in [0, 0.05) is 12.5 Å². The Morgan fingerprint density at radius 1 is 1.06 bits per heavy atom. The summed E-state index contributed by atoms with van der Waals surface area (Å²) in [6.07, 6.45) is -0.830. The number of aliphatic carboxylic acids is 1. The van der Waals surface area contributed by atoms with Gasteiger partial charge in [-0.05, 0) is 55.9 Å². The highest BCUT2D eigenvalue weighted by molar-refractivity contribution is 5.86. The third kappa shape index (κ3) is 4.71. The molecule has 1 aliphatic heterocycles. The number of hydrogen-bond donors (Lipinski definition) is 2. The van der Waals surface area contributed by atoms with Crippen molar-refractivity contribution in [1.82, 2.24) is 10.2 Å². The highest BCUT2D eigenvalue weighted by atomic mass is 16.6. The van der Waals surface area contributed by atoms with Crippen molar-refractivity contribution in [3.63, 3.8) is 0 Å². The number of amides is 2. The number of likely N-dealkylation sites (tertiary alicyclic amines) is 1. The molecular formula is C26H30N2O6. The second kappa shape index (κ2) is 9.00. The SMILES string of the molecule is CC(C)(C)OC(=O)N[C@]1(C(=O)O)CCCN(C(=O)OCC2c3ccccc3-c3ccccc32)C1. The molecule has 0 bridgehead atoms. The Bertz CT molecular complexity index is 1060. The van der Waals surface area contributed by atoms with E-state index >= 15 is 0 Å². The highest BCUT2D eigenvalue weighted by Gasteiger charge is 2.46. The van der Waals surface area contributed by atoms with Crippen LogP contribution in [0.5, 0.6) is 0 Å². The molecule has 1 aliphatic carbocycles. The molecule has 0 saturated carbocycles. The van der Waals surface area contributed by atoms with E-state index in [1.807, 2.05) is 36.4 Å². The van der Waals surface area contributed by atoms with E-state index in [-0.39, 0.29) is 25.5 Å². The molecule has 2 aromatic rings. The molecule has 1 fully saturated rings. The molecule has 8 heteroatoms. The van der Waals surface area contributed by atoms with E-state index in [0.717, 1.165) is 22.3 Å². The molecule has 0 aromatic heterocycles. The standard InChI is InChI=1S/C26H30N2O6/c1-25(2,3)34-23(31)27-26(22(29)30)13-8-14-28(16-26)24(32)33-15-21-19-11-6-4-9-17(19)18-10-5-7-12-20(18)21/h4-7,9-12,21H,8,13-16H2,1-3H3,(H,27,31)(H,29,30)/t26-/m1/s1. The van der Waals surface area contributed by atoms with Crippen LogP contribution in [-0.2, 0) is 14.3 Å². The molecule has 2 N–H and O–H groups in total. The van der Waals surface area contributed by atoms with E-state index in [9.17, 15) is 19.5 Å². The number of hydrogen-bond acceptors (Lipinski definition) is 5. The summed E-state index contributed by atoms with van der Waals surface area (Å²) in [5.74, 6) is -1.31. The van der Waals surface area contributed by atoms with Gasteiger partial charge in [0.1, 0.15) is 12.2 Å². The lowest BCUT2D eigenvalue weighted by Gasteiger charge is -2.39. The van der Waals surface area contributed by atoms with Crippen molar-refractivity contribution >= 4 is 18.2 Å². The predicted molar refractivity (Wildman–Crippen MR) is 126 cm³/mol. The van der Waals surface area contributed by atoms with Crippen LogP contribution < -0.4 is 5.32 Å². The van der Waals surface area contributed by atoms with Gasteiger partial charge in [-0.15, -0.1) is 0 Å². The van der Waals surface area contributed by atoms with Crippen molar-refractivity contribution in [2.24, 2.45) is 0 Å². The zero-order chi connectivity index (χ0) is 24.5. The zero-order valence-corrected chi connectivity index (χ0v) is 19.7. The van der Waals surface area contributed by atoms with E-state index in [2.05, 4.69) is 17.4 Å². The fourth-order valence-corrected chi connectivity index (χ4v) is 4.73. The van der Waals surface area contributed by atoms with Gasteiger partial charge in [0.15, 0.2) is 5.54 Å². The number of carbonyl (C=O) groups is 3. The maximum atomic E-state index is 13.0. The molecule has 1 atom stereocenters. The summed E-state index contributed by atoms with van der Waals surface area (Å²) in [6.45, 7) is 5.39. The predicted octanol–water partition coefficient (Wildman–Crippen LogP) is 4.38. The number of nitrogens with one attached hydrogen (secondary N) is 1. The average molecular weight is 467 g/mol. The maximum Gasteiger partial charge on any atom is 0.409 e. The van der Waals surface area contributed by atoms with Gasteiger partial charge < -0.3 is 24.8 Å². The number of nitrogens with zero attached hydrogens (tertiary/aromatic N) is 1. The van der Waals surface area contributed by atoms with Crippen LogP contribution in [0.2, 0.25) is 0 Å². The van der Waals surface area contributed by atoms with E-state index in [1.165, 1.54) is 4.90 Å².